The Labute approximate surface area is 169 Å². The molecule has 1 unspecified atom stereocenters. The van der Waals surface area contributed by atoms with Crippen molar-refractivity contribution in [2.45, 2.75) is 18.9 Å². The number of hydrogen-bond donors (Lipinski definition) is 2. The Bertz CT molecular complexity index is 873. The summed E-state index contributed by atoms with van der Waals surface area (Å²) in [5, 5.41) is 3.41. The molecule has 7 heteroatoms. The summed E-state index contributed by atoms with van der Waals surface area (Å²) < 4.78 is 16.5. The topological polar surface area (TPSA) is 61.2 Å². The molecule has 2 heterocycles. The fourth-order valence-corrected chi connectivity index (χ4v) is 4.22. The Balaban J connectivity index is 1.42. The molecule has 1 amide bonds. The van der Waals surface area contributed by atoms with Crippen LogP contribution >= 0.6 is 11.6 Å². The van der Waals surface area contributed by atoms with Crippen LogP contribution in [0.1, 0.15) is 24.4 Å². The molecule has 0 radical (unpaired) electrons. The number of halogens is 1. The summed E-state index contributed by atoms with van der Waals surface area (Å²) in [6, 6.07) is 11.6. The van der Waals surface area contributed by atoms with Gasteiger partial charge in [-0.1, -0.05) is 11.6 Å². The molecule has 2 aromatic rings. The van der Waals surface area contributed by atoms with Crippen LogP contribution in [0.25, 0.3) is 0 Å². The molecule has 0 bridgehead atoms. The summed E-state index contributed by atoms with van der Waals surface area (Å²) >= 11 is 6.14. The first kappa shape index (κ1) is 18.9. The summed E-state index contributed by atoms with van der Waals surface area (Å²) in [6.07, 6.45) is 2.15. The molecule has 2 aliphatic rings. The van der Waals surface area contributed by atoms with Crippen molar-refractivity contribution in [3.8, 4) is 17.2 Å². The highest BCUT2D eigenvalue weighted by Crippen LogP contribution is 2.33. The van der Waals surface area contributed by atoms with Gasteiger partial charge in [0.05, 0.1) is 18.7 Å². The highest BCUT2D eigenvalue weighted by atomic mass is 35.5. The normalized spacial score (nSPS) is 20.6. The van der Waals surface area contributed by atoms with Crippen molar-refractivity contribution in [1.29, 1.82) is 0 Å². The molecule has 4 rings (SSSR count). The van der Waals surface area contributed by atoms with E-state index in [2.05, 4.69) is 17.4 Å². The standard InChI is InChI=1S/C21H23ClN2O4/c1-26-18-7-5-15(12-16(18)22)23-21(25)13-24-8-2-3-17(24)14-4-6-19-20(11-14)28-10-9-27-19/h4-7,11-12,17H,2-3,8-10,13H2,1H3,(H,23,25)/p+1/t17-/m1/s1. The number of fused-ring (bicyclic) bond motifs is 1. The number of hydrogen-bond acceptors (Lipinski definition) is 4. The van der Waals surface area contributed by atoms with E-state index in [4.69, 9.17) is 25.8 Å². The summed E-state index contributed by atoms with van der Waals surface area (Å²) in [4.78, 5) is 13.9. The Kier molecular flexibility index (Phi) is 5.59. The first-order valence-corrected chi connectivity index (χ1v) is 9.89. The molecule has 0 aromatic heterocycles. The van der Waals surface area contributed by atoms with Crippen LogP contribution < -0.4 is 24.4 Å². The molecule has 148 valence electrons. The van der Waals surface area contributed by atoms with E-state index in [0.717, 1.165) is 30.9 Å². The van der Waals surface area contributed by atoms with Crippen molar-refractivity contribution in [2.75, 3.05) is 38.7 Å². The number of quaternary nitrogens is 1. The lowest BCUT2D eigenvalue weighted by molar-refractivity contribution is -0.910. The minimum absolute atomic E-state index is 0.0272. The molecule has 2 aliphatic heterocycles. The number of carbonyl (C=O) groups excluding carboxylic acids is 1. The largest absolute Gasteiger partial charge is 0.495 e. The number of carbonyl (C=O) groups is 1. The van der Waals surface area contributed by atoms with Gasteiger partial charge in [0, 0.05) is 24.1 Å². The fourth-order valence-electron chi connectivity index (χ4n) is 3.96. The van der Waals surface area contributed by atoms with Crippen LogP contribution in [0.5, 0.6) is 17.2 Å². The summed E-state index contributed by atoms with van der Waals surface area (Å²) in [6.45, 7) is 2.53. The molecule has 1 fully saturated rings. The maximum Gasteiger partial charge on any atom is 0.279 e. The van der Waals surface area contributed by atoms with E-state index < -0.39 is 0 Å². The first-order valence-electron chi connectivity index (χ1n) is 9.51. The van der Waals surface area contributed by atoms with Crippen molar-refractivity contribution in [1.82, 2.24) is 0 Å². The number of nitrogens with one attached hydrogen (secondary N) is 2. The second-order valence-corrected chi connectivity index (χ2v) is 7.49. The fraction of sp³-hybridized carbons (Fsp3) is 0.381. The molecule has 28 heavy (non-hydrogen) atoms. The molecule has 0 aliphatic carbocycles. The monoisotopic (exact) mass is 403 g/mol. The van der Waals surface area contributed by atoms with Crippen LogP contribution in [0.3, 0.4) is 0 Å². The van der Waals surface area contributed by atoms with Gasteiger partial charge < -0.3 is 24.4 Å². The Morgan fingerprint density at radius 3 is 2.82 bits per heavy atom. The van der Waals surface area contributed by atoms with E-state index in [1.807, 2.05) is 6.07 Å². The molecule has 0 saturated carbocycles. The van der Waals surface area contributed by atoms with Gasteiger partial charge in [0.15, 0.2) is 18.0 Å². The quantitative estimate of drug-likeness (QED) is 0.805. The highest BCUT2D eigenvalue weighted by molar-refractivity contribution is 6.32. The van der Waals surface area contributed by atoms with E-state index in [0.29, 0.717) is 36.2 Å². The van der Waals surface area contributed by atoms with Gasteiger partial charge in [-0.3, -0.25) is 4.79 Å². The van der Waals surface area contributed by atoms with Crippen molar-refractivity contribution >= 4 is 23.2 Å². The third-order valence-corrected chi connectivity index (χ3v) is 5.57. The van der Waals surface area contributed by atoms with Crippen LogP contribution in [0.2, 0.25) is 5.02 Å². The average molecular weight is 404 g/mol. The van der Waals surface area contributed by atoms with E-state index in [1.165, 1.54) is 10.5 Å². The first-order chi connectivity index (χ1) is 13.6. The second-order valence-electron chi connectivity index (χ2n) is 7.08. The maximum atomic E-state index is 12.6. The van der Waals surface area contributed by atoms with Gasteiger partial charge in [0.25, 0.3) is 5.91 Å². The van der Waals surface area contributed by atoms with Gasteiger partial charge in [0.1, 0.15) is 25.0 Å². The van der Waals surface area contributed by atoms with Gasteiger partial charge in [-0.15, -0.1) is 0 Å². The van der Waals surface area contributed by atoms with E-state index in [-0.39, 0.29) is 11.9 Å². The lowest BCUT2D eigenvalue weighted by Crippen LogP contribution is -3.11. The lowest BCUT2D eigenvalue weighted by atomic mass is 10.0. The number of amides is 1. The molecule has 6 nitrogen and oxygen atoms in total. The number of anilines is 1. The van der Waals surface area contributed by atoms with Gasteiger partial charge in [-0.2, -0.15) is 0 Å². The zero-order valence-corrected chi connectivity index (χ0v) is 16.6. The van der Waals surface area contributed by atoms with Gasteiger partial charge in [-0.05, 0) is 36.4 Å². The summed E-state index contributed by atoms with van der Waals surface area (Å²) in [5.41, 5.74) is 1.86. The maximum absolute atomic E-state index is 12.6. The third-order valence-electron chi connectivity index (χ3n) is 5.28. The number of methoxy groups -OCH3 is 1. The Hall–Kier alpha value is -2.44. The molecule has 1 saturated heterocycles. The minimum atomic E-state index is -0.0272. The Morgan fingerprint density at radius 1 is 1.21 bits per heavy atom. The zero-order valence-electron chi connectivity index (χ0n) is 15.8. The predicted molar refractivity (Wildman–Crippen MR) is 107 cm³/mol. The number of likely N-dealkylation sites (tertiary alicyclic amines) is 1. The average Bonchev–Trinajstić information content (AvgIpc) is 3.15. The van der Waals surface area contributed by atoms with E-state index in [9.17, 15) is 4.79 Å². The molecular weight excluding hydrogens is 380 g/mol. The summed E-state index contributed by atoms with van der Waals surface area (Å²) in [5.74, 6) is 2.15. The Morgan fingerprint density at radius 2 is 2.04 bits per heavy atom. The van der Waals surface area contributed by atoms with Crippen molar-refractivity contribution in [3.05, 3.63) is 47.0 Å². The minimum Gasteiger partial charge on any atom is -0.495 e. The molecular formula is C21H24ClN2O4+. The van der Waals surface area contributed by atoms with Crippen LogP contribution in [-0.2, 0) is 4.79 Å². The third kappa shape index (κ3) is 4.03. The highest BCUT2D eigenvalue weighted by Gasteiger charge is 2.32. The second kappa shape index (κ2) is 8.29. The van der Waals surface area contributed by atoms with Crippen LogP contribution in [-0.4, -0.2) is 39.3 Å². The number of rotatable bonds is 5. The van der Waals surface area contributed by atoms with Crippen molar-refractivity contribution in [3.63, 3.8) is 0 Å². The molecule has 2 atom stereocenters. The van der Waals surface area contributed by atoms with Crippen LogP contribution in [0.15, 0.2) is 36.4 Å². The van der Waals surface area contributed by atoms with E-state index >= 15 is 0 Å². The molecule has 0 spiro atoms. The van der Waals surface area contributed by atoms with Crippen LogP contribution in [0, 0.1) is 0 Å². The molecule has 2 N–H and O–H groups in total. The smallest absolute Gasteiger partial charge is 0.279 e. The number of ether oxygens (including phenoxy) is 3. The van der Waals surface area contributed by atoms with Gasteiger partial charge in [-0.25, -0.2) is 0 Å². The predicted octanol–water partition coefficient (Wildman–Crippen LogP) is 2.48. The van der Waals surface area contributed by atoms with Gasteiger partial charge >= 0.3 is 0 Å². The van der Waals surface area contributed by atoms with E-state index in [1.54, 1.807) is 25.3 Å². The lowest BCUT2D eigenvalue weighted by Gasteiger charge is -2.24. The zero-order chi connectivity index (χ0) is 19.5. The SMILES string of the molecule is COc1ccc(NC(=O)C[NH+]2CCC[C@@H]2c2ccc3c(c2)OCCO3)cc1Cl. The molecule has 2 aromatic carbocycles. The van der Waals surface area contributed by atoms with Crippen LogP contribution in [0.4, 0.5) is 5.69 Å². The summed E-state index contributed by atoms with van der Waals surface area (Å²) in [7, 11) is 1.56. The van der Waals surface area contributed by atoms with Crippen molar-refractivity contribution < 1.29 is 23.9 Å². The number of benzene rings is 2. The van der Waals surface area contributed by atoms with Gasteiger partial charge in [0.2, 0.25) is 0 Å². The van der Waals surface area contributed by atoms with Crippen molar-refractivity contribution in [2.24, 2.45) is 0 Å².